The molecule has 1 aromatic heterocycles. The zero-order valence-electron chi connectivity index (χ0n) is 17.8. The van der Waals surface area contributed by atoms with Crippen molar-refractivity contribution in [1.82, 2.24) is 9.88 Å². The van der Waals surface area contributed by atoms with Crippen molar-refractivity contribution < 1.29 is 4.79 Å². The molecule has 30 heavy (non-hydrogen) atoms. The van der Waals surface area contributed by atoms with E-state index in [9.17, 15) is 4.79 Å². The molecule has 3 aromatic rings. The standard InChI is InChI=1S/C25H28ClN3O/c1-16-8-10-21(11-9-16)27-25(30)29(22-6-4-5-7-22)15-20-14-19-13-17(2)12-18(3)23(19)28-24(20)26/h8-14,22H,4-7,15H2,1-3H3,(H,27,30). The maximum absolute atomic E-state index is 13.2. The second-order valence-electron chi connectivity index (χ2n) is 8.45. The van der Waals surface area contributed by atoms with Crippen LogP contribution in [-0.2, 0) is 6.54 Å². The second-order valence-corrected chi connectivity index (χ2v) is 8.81. The van der Waals surface area contributed by atoms with Crippen molar-refractivity contribution in [2.24, 2.45) is 0 Å². The molecule has 1 N–H and O–H groups in total. The maximum atomic E-state index is 13.2. The highest BCUT2D eigenvalue weighted by atomic mass is 35.5. The number of pyridine rings is 1. The van der Waals surface area contributed by atoms with Gasteiger partial charge in [0.1, 0.15) is 5.15 Å². The number of halogens is 1. The minimum Gasteiger partial charge on any atom is -0.317 e. The summed E-state index contributed by atoms with van der Waals surface area (Å²) in [6.45, 7) is 6.63. The van der Waals surface area contributed by atoms with Gasteiger partial charge in [-0.05, 0) is 63.4 Å². The molecule has 4 nitrogen and oxygen atoms in total. The summed E-state index contributed by atoms with van der Waals surface area (Å²) in [4.78, 5) is 19.8. The number of hydrogen-bond acceptors (Lipinski definition) is 2. The number of fused-ring (bicyclic) bond motifs is 1. The van der Waals surface area contributed by atoms with Crippen LogP contribution in [0.2, 0.25) is 5.15 Å². The molecule has 0 atom stereocenters. The SMILES string of the molecule is Cc1ccc(NC(=O)N(Cc2cc3cc(C)cc(C)c3nc2Cl)C2CCCC2)cc1. The maximum Gasteiger partial charge on any atom is 0.322 e. The van der Waals surface area contributed by atoms with Gasteiger partial charge >= 0.3 is 6.03 Å². The van der Waals surface area contributed by atoms with Crippen molar-refractivity contribution in [1.29, 1.82) is 0 Å². The fraction of sp³-hybridized carbons (Fsp3) is 0.360. The number of urea groups is 1. The molecule has 0 radical (unpaired) electrons. The number of carbonyl (C=O) groups is 1. The van der Waals surface area contributed by atoms with Crippen molar-refractivity contribution in [2.45, 2.75) is 59.0 Å². The number of carbonyl (C=O) groups excluding carboxylic acids is 1. The molecule has 1 saturated carbocycles. The normalized spacial score (nSPS) is 14.3. The van der Waals surface area contributed by atoms with E-state index in [-0.39, 0.29) is 12.1 Å². The predicted octanol–water partition coefficient (Wildman–Crippen LogP) is 6.79. The van der Waals surface area contributed by atoms with Crippen molar-refractivity contribution >= 4 is 34.2 Å². The molecule has 5 heteroatoms. The van der Waals surface area contributed by atoms with Crippen LogP contribution in [0.4, 0.5) is 10.5 Å². The number of benzene rings is 2. The van der Waals surface area contributed by atoms with Gasteiger partial charge in [0.05, 0.1) is 12.1 Å². The van der Waals surface area contributed by atoms with Crippen LogP contribution >= 0.6 is 11.6 Å². The Kier molecular flexibility index (Phi) is 5.96. The first-order valence-corrected chi connectivity index (χ1v) is 11.0. The Bertz CT molecular complexity index is 1070. The van der Waals surface area contributed by atoms with Gasteiger partial charge in [0, 0.05) is 22.7 Å². The highest BCUT2D eigenvalue weighted by molar-refractivity contribution is 6.30. The van der Waals surface area contributed by atoms with E-state index in [0.717, 1.165) is 53.4 Å². The molecule has 156 valence electrons. The number of nitrogens with one attached hydrogen (secondary N) is 1. The Morgan fingerprint density at radius 1 is 1.07 bits per heavy atom. The summed E-state index contributed by atoms with van der Waals surface area (Å²) in [5.74, 6) is 0. The lowest BCUT2D eigenvalue weighted by Gasteiger charge is -2.29. The summed E-state index contributed by atoms with van der Waals surface area (Å²) < 4.78 is 0. The predicted molar refractivity (Wildman–Crippen MR) is 124 cm³/mol. The van der Waals surface area contributed by atoms with E-state index in [1.54, 1.807) is 0 Å². The van der Waals surface area contributed by atoms with Crippen molar-refractivity contribution in [3.8, 4) is 0 Å². The molecule has 0 aliphatic heterocycles. The molecule has 0 unspecified atom stereocenters. The lowest BCUT2D eigenvalue weighted by molar-refractivity contribution is 0.184. The van der Waals surface area contributed by atoms with Crippen LogP contribution in [0.15, 0.2) is 42.5 Å². The van der Waals surface area contributed by atoms with Crippen molar-refractivity contribution in [3.63, 3.8) is 0 Å². The number of amides is 2. The Labute approximate surface area is 183 Å². The number of aromatic nitrogens is 1. The van der Waals surface area contributed by atoms with Gasteiger partial charge in [-0.1, -0.05) is 53.8 Å². The Hall–Kier alpha value is -2.59. The molecule has 1 aliphatic carbocycles. The second kappa shape index (κ2) is 8.65. The number of anilines is 1. The highest BCUT2D eigenvalue weighted by Gasteiger charge is 2.28. The summed E-state index contributed by atoms with van der Waals surface area (Å²) in [6, 6.07) is 14.4. The van der Waals surface area contributed by atoms with Gasteiger partial charge in [0.2, 0.25) is 0 Å². The summed E-state index contributed by atoms with van der Waals surface area (Å²) in [5, 5.41) is 4.60. The van der Waals surface area contributed by atoms with Gasteiger partial charge in [0.15, 0.2) is 0 Å². The molecular weight excluding hydrogens is 394 g/mol. The van der Waals surface area contributed by atoms with Gasteiger partial charge in [-0.25, -0.2) is 9.78 Å². The van der Waals surface area contributed by atoms with Crippen LogP contribution < -0.4 is 5.32 Å². The molecule has 0 spiro atoms. The van der Waals surface area contributed by atoms with Crippen LogP contribution in [0.25, 0.3) is 10.9 Å². The van der Waals surface area contributed by atoms with E-state index >= 15 is 0 Å². The first kappa shape index (κ1) is 20.7. The summed E-state index contributed by atoms with van der Waals surface area (Å²) in [6.07, 6.45) is 4.36. The van der Waals surface area contributed by atoms with E-state index in [4.69, 9.17) is 11.6 Å². The van der Waals surface area contributed by atoms with E-state index in [1.165, 1.54) is 11.1 Å². The van der Waals surface area contributed by atoms with E-state index in [0.29, 0.717) is 11.7 Å². The van der Waals surface area contributed by atoms with Crippen molar-refractivity contribution in [2.75, 3.05) is 5.32 Å². The quantitative estimate of drug-likeness (QED) is 0.471. The average Bonchev–Trinajstić information content (AvgIpc) is 3.23. The molecule has 2 aromatic carbocycles. The third kappa shape index (κ3) is 4.44. The fourth-order valence-electron chi connectivity index (χ4n) is 4.38. The van der Waals surface area contributed by atoms with Gasteiger partial charge in [-0.2, -0.15) is 0 Å². The van der Waals surface area contributed by atoms with E-state index in [1.807, 2.05) is 36.1 Å². The Morgan fingerprint density at radius 2 is 1.77 bits per heavy atom. The molecular formula is C25H28ClN3O. The molecule has 1 fully saturated rings. The van der Waals surface area contributed by atoms with Crippen LogP contribution in [0.1, 0.15) is 47.9 Å². The molecule has 0 saturated heterocycles. The summed E-state index contributed by atoms with van der Waals surface area (Å²) in [5.41, 5.74) is 6.09. The molecule has 0 bridgehead atoms. The van der Waals surface area contributed by atoms with E-state index in [2.05, 4.69) is 42.3 Å². The monoisotopic (exact) mass is 421 g/mol. The van der Waals surface area contributed by atoms with Crippen LogP contribution in [0.3, 0.4) is 0 Å². The zero-order chi connectivity index (χ0) is 21.3. The topological polar surface area (TPSA) is 45.2 Å². The third-order valence-electron chi connectivity index (χ3n) is 5.95. The summed E-state index contributed by atoms with van der Waals surface area (Å²) >= 11 is 6.58. The number of nitrogens with zero attached hydrogens (tertiary/aromatic N) is 2. The minimum atomic E-state index is -0.0812. The smallest absolute Gasteiger partial charge is 0.317 e. The lowest BCUT2D eigenvalue weighted by atomic mass is 10.0. The van der Waals surface area contributed by atoms with Crippen LogP contribution in [-0.4, -0.2) is 22.0 Å². The van der Waals surface area contributed by atoms with Crippen LogP contribution in [0, 0.1) is 20.8 Å². The Balaban J connectivity index is 1.64. The third-order valence-corrected chi connectivity index (χ3v) is 6.28. The molecule has 2 amide bonds. The summed E-state index contributed by atoms with van der Waals surface area (Å²) in [7, 11) is 0. The number of aryl methyl sites for hydroxylation is 3. The van der Waals surface area contributed by atoms with Crippen molar-refractivity contribution in [3.05, 3.63) is 69.9 Å². The minimum absolute atomic E-state index is 0.0812. The first-order valence-electron chi connectivity index (χ1n) is 10.6. The lowest BCUT2D eigenvalue weighted by Crippen LogP contribution is -2.41. The average molecular weight is 422 g/mol. The molecule has 4 rings (SSSR count). The first-order chi connectivity index (χ1) is 14.4. The van der Waals surface area contributed by atoms with Gasteiger partial charge in [-0.15, -0.1) is 0 Å². The number of rotatable bonds is 4. The Morgan fingerprint density at radius 3 is 2.47 bits per heavy atom. The fourth-order valence-corrected chi connectivity index (χ4v) is 4.58. The number of hydrogen-bond donors (Lipinski definition) is 1. The van der Waals surface area contributed by atoms with Gasteiger partial charge < -0.3 is 10.2 Å². The van der Waals surface area contributed by atoms with Gasteiger partial charge in [-0.3, -0.25) is 0 Å². The highest BCUT2D eigenvalue weighted by Crippen LogP contribution is 2.29. The molecule has 1 aliphatic rings. The zero-order valence-corrected chi connectivity index (χ0v) is 18.6. The largest absolute Gasteiger partial charge is 0.322 e. The van der Waals surface area contributed by atoms with E-state index < -0.39 is 0 Å². The molecule has 1 heterocycles. The van der Waals surface area contributed by atoms with Crippen LogP contribution in [0.5, 0.6) is 0 Å². The van der Waals surface area contributed by atoms with Gasteiger partial charge in [0.25, 0.3) is 0 Å².